The molecule has 0 aliphatic rings. The number of aryl methyl sites for hydroxylation is 1. The van der Waals surface area contributed by atoms with Crippen molar-refractivity contribution in [1.29, 1.82) is 0 Å². The number of unbranched alkanes of at least 4 members (excludes halogenated alkanes) is 3. The minimum Gasteiger partial charge on any atom is -0.312 e. The van der Waals surface area contributed by atoms with Crippen LogP contribution in [0.5, 0.6) is 0 Å². The molecule has 1 heterocycles. The van der Waals surface area contributed by atoms with Crippen LogP contribution in [0.15, 0.2) is 12.7 Å². The smallest absolute Gasteiger partial charge is 0.0772 e. The highest BCUT2D eigenvalue weighted by atomic mass is 32.1. The average molecular weight is 239 g/mol. The van der Waals surface area contributed by atoms with Crippen molar-refractivity contribution in [3.63, 3.8) is 0 Å². The van der Waals surface area contributed by atoms with Crippen LogP contribution in [0.1, 0.15) is 48.7 Å². The Morgan fingerprint density at radius 2 is 2.25 bits per heavy atom. The molecule has 0 amide bonds. The maximum Gasteiger partial charge on any atom is 0.0772 e. The molecule has 1 rings (SSSR count). The third-order valence-electron chi connectivity index (χ3n) is 2.75. The molecule has 4 heteroatoms. The van der Waals surface area contributed by atoms with Crippen molar-refractivity contribution in [2.75, 3.05) is 7.05 Å². The summed E-state index contributed by atoms with van der Waals surface area (Å²) in [6.07, 6.45) is 8.06. The standard InChI is InChI=1S/C12H21N3S/c1-4-5-6-7-8-9-11(13-3)12-10(2)14-15-16-12/h4,11,13H,1,5-9H2,2-3H3. The van der Waals surface area contributed by atoms with Gasteiger partial charge in [0.2, 0.25) is 0 Å². The second-order valence-electron chi connectivity index (χ2n) is 3.99. The van der Waals surface area contributed by atoms with E-state index in [1.165, 1.54) is 42.1 Å². The molecule has 0 saturated heterocycles. The SMILES string of the molecule is C=CCCCCCC(NC)c1snnc1C. The molecular weight excluding hydrogens is 218 g/mol. The molecule has 0 aromatic carbocycles. The van der Waals surface area contributed by atoms with Gasteiger partial charge in [-0.05, 0) is 44.8 Å². The van der Waals surface area contributed by atoms with Gasteiger partial charge in [-0.1, -0.05) is 23.4 Å². The number of nitrogens with one attached hydrogen (secondary N) is 1. The summed E-state index contributed by atoms with van der Waals surface area (Å²) in [4.78, 5) is 1.28. The van der Waals surface area contributed by atoms with E-state index in [0.29, 0.717) is 6.04 Å². The Balaban J connectivity index is 2.33. The summed E-state index contributed by atoms with van der Waals surface area (Å²) < 4.78 is 3.99. The molecule has 90 valence electrons. The number of allylic oxidation sites excluding steroid dienone is 1. The monoisotopic (exact) mass is 239 g/mol. The highest BCUT2D eigenvalue weighted by Crippen LogP contribution is 2.24. The van der Waals surface area contributed by atoms with Crippen molar-refractivity contribution in [3.8, 4) is 0 Å². The first-order valence-corrected chi connectivity index (χ1v) is 6.64. The van der Waals surface area contributed by atoms with Crippen LogP contribution in [0.2, 0.25) is 0 Å². The molecule has 1 aromatic heterocycles. The quantitative estimate of drug-likeness (QED) is 0.559. The third kappa shape index (κ3) is 4.02. The number of rotatable bonds is 8. The molecular formula is C12H21N3S. The number of hydrogen-bond acceptors (Lipinski definition) is 4. The second-order valence-corrected chi connectivity index (χ2v) is 4.78. The van der Waals surface area contributed by atoms with Crippen molar-refractivity contribution < 1.29 is 0 Å². The van der Waals surface area contributed by atoms with E-state index in [0.717, 1.165) is 12.1 Å². The lowest BCUT2D eigenvalue weighted by Crippen LogP contribution is -2.16. The number of nitrogens with zero attached hydrogens (tertiary/aromatic N) is 2. The zero-order chi connectivity index (χ0) is 11.8. The zero-order valence-corrected chi connectivity index (χ0v) is 11.0. The number of aromatic nitrogens is 2. The van der Waals surface area contributed by atoms with Crippen molar-refractivity contribution in [3.05, 3.63) is 23.2 Å². The van der Waals surface area contributed by atoms with E-state index in [2.05, 4.69) is 21.5 Å². The Hall–Kier alpha value is -0.740. The highest BCUT2D eigenvalue weighted by molar-refractivity contribution is 7.05. The first-order chi connectivity index (χ1) is 7.79. The zero-order valence-electron chi connectivity index (χ0n) is 10.2. The Kier molecular flexibility index (Phi) is 6.26. The van der Waals surface area contributed by atoms with Gasteiger partial charge in [0, 0.05) is 6.04 Å². The second kappa shape index (κ2) is 7.52. The van der Waals surface area contributed by atoms with Gasteiger partial charge in [-0.3, -0.25) is 0 Å². The van der Waals surface area contributed by atoms with E-state index in [1.807, 2.05) is 20.0 Å². The van der Waals surface area contributed by atoms with Gasteiger partial charge in [-0.25, -0.2) is 0 Å². The lowest BCUT2D eigenvalue weighted by atomic mass is 10.1. The molecule has 3 nitrogen and oxygen atoms in total. The molecule has 0 fully saturated rings. The Morgan fingerprint density at radius 3 is 2.81 bits per heavy atom. The number of hydrogen-bond donors (Lipinski definition) is 1. The van der Waals surface area contributed by atoms with Crippen molar-refractivity contribution in [2.45, 2.75) is 45.1 Å². The van der Waals surface area contributed by atoms with Crippen LogP contribution in [0.4, 0.5) is 0 Å². The first-order valence-electron chi connectivity index (χ1n) is 5.86. The fraction of sp³-hybridized carbons (Fsp3) is 0.667. The van der Waals surface area contributed by atoms with Gasteiger partial charge in [0.05, 0.1) is 10.6 Å². The molecule has 0 spiro atoms. The van der Waals surface area contributed by atoms with Crippen LogP contribution in [0, 0.1) is 6.92 Å². The minimum absolute atomic E-state index is 0.420. The Bertz CT molecular complexity index is 309. The molecule has 16 heavy (non-hydrogen) atoms. The van der Waals surface area contributed by atoms with E-state index >= 15 is 0 Å². The molecule has 0 saturated carbocycles. The molecule has 0 radical (unpaired) electrons. The summed E-state index contributed by atoms with van der Waals surface area (Å²) in [6, 6.07) is 0.420. The third-order valence-corrected chi connectivity index (χ3v) is 3.69. The fourth-order valence-corrected chi connectivity index (χ4v) is 2.56. The van der Waals surface area contributed by atoms with Gasteiger partial charge in [0.25, 0.3) is 0 Å². The summed E-state index contributed by atoms with van der Waals surface area (Å²) in [7, 11) is 2.01. The molecule has 1 N–H and O–H groups in total. The van der Waals surface area contributed by atoms with E-state index in [1.54, 1.807) is 0 Å². The van der Waals surface area contributed by atoms with Crippen LogP contribution in [-0.2, 0) is 0 Å². The van der Waals surface area contributed by atoms with Crippen LogP contribution in [0.3, 0.4) is 0 Å². The fourth-order valence-electron chi connectivity index (χ4n) is 1.78. The maximum atomic E-state index is 4.06. The van der Waals surface area contributed by atoms with Crippen LogP contribution < -0.4 is 5.32 Å². The van der Waals surface area contributed by atoms with Crippen molar-refractivity contribution in [2.24, 2.45) is 0 Å². The van der Waals surface area contributed by atoms with E-state index in [4.69, 9.17) is 0 Å². The summed E-state index contributed by atoms with van der Waals surface area (Å²) >= 11 is 1.51. The lowest BCUT2D eigenvalue weighted by Gasteiger charge is -2.14. The van der Waals surface area contributed by atoms with Crippen LogP contribution >= 0.6 is 11.5 Å². The van der Waals surface area contributed by atoms with E-state index in [9.17, 15) is 0 Å². The summed E-state index contributed by atoms with van der Waals surface area (Å²) in [5.41, 5.74) is 1.07. The summed E-state index contributed by atoms with van der Waals surface area (Å²) in [6.45, 7) is 5.76. The van der Waals surface area contributed by atoms with Crippen LogP contribution in [-0.4, -0.2) is 16.6 Å². The molecule has 0 bridgehead atoms. The molecule has 1 atom stereocenters. The van der Waals surface area contributed by atoms with Gasteiger partial charge >= 0.3 is 0 Å². The average Bonchev–Trinajstić information content (AvgIpc) is 2.70. The van der Waals surface area contributed by atoms with Gasteiger partial charge in [-0.2, -0.15) is 0 Å². The van der Waals surface area contributed by atoms with Gasteiger partial charge < -0.3 is 5.32 Å². The van der Waals surface area contributed by atoms with Crippen LogP contribution in [0.25, 0.3) is 0 Å². The molecule has 1 aromatic rings. The van der Waals surface area contributed by atoms with E-state index in [-0.39, 0.29) is 0 Å². The molecule has 0 aliphatic heterocycles. The Labute approximate surface area is 102 Å². The van der Waals surface area contributed by atoms with Gasteiger partial charge in [0.15, 0.2) is 0 Å². The largest absolute Gasteiger partial charge is 0.312 e. The van der Waals surface area contributed by atoms with Gasteiger partial charge in [-0.15, -0.1) is 11.7 Å². The molecule has 1 unspecified atom stereocenters. The minimum atomic E-state index is 0.420. The predicted molar refractivity (Wildman–Crippen MR) is 69.7 cm³/mol. The lowest BCUT2D eigenvalue weighted by molar-refractivity contribution is 0.512. The van der Waals surface area contributed by atoms with Crippen molar-refractivity contribution in [1.82, 2.24) is 14.9 Å². The maximum absolute atomic E-state index is 4.06. The highest BCUT2D eigenvalue weighted by Gasteiger charge is 2.14. The molecule has 0 aliphatic carbocycles. The first kappa shape index (κ1) is 13.3. The predicted octanol–water partition coefficient (Wildman–Crippen LogP) is 3.24. The van der Waals surface area contributed by atoms with Crippen molar-refractivity contribution >= 4 is 11.5 Å². The Morgan fingerprint density at radius 1 is 1.44 bits per heavy atom. The normalized spacial score (nSPS) is 12.6. The summed E-state index contributed by atoms with van der Waals surface area (Å²) in [5, 5.41) is 7.40. The summed E-state index contributed by atoms with van der Waals surface area (Å²) in [5.74, 6) is 0. The topological polar surface area (TPSA) is 37.8 Å². The van der Waals surface area contributed by atoms with E-state index < -0.39 is 0 Å². The van der Waals surface area contributed by atoms with Gasteiger partial charge in [0.1, 0.15) is 0 Å².